The molecule has 0 aliphatic rings. The molecule has 0 heterocycles. The summed E-state index contributed by atoms with van der Waals surface area (Å²) in [4.78, 5) is 13.1. The summed E-state index contributed by atoms with van der Waals surface area (Å²) in [6.45, 7) is 3.95. The van der Waals surface area contributed by atoms with Crippen LogP contribution in [0.15, 0.2) is 35.2 Å². The summed E-state index contributed by atoms with van der Waals surface area (Å²) in [5, 5.41) is -3.41. The lowest BCUT2D eigenvalue weighted by Crippen LogP contribution is -2.41. The molecule has 94 valence electrons. The average Bonchev–Trinajstić information content (AvgIpc) is 2.31. The van der Waals surface area contributed by atoms with Crippen LogP contribution in [0.25, 0.3) is 0 Å². The first-order valence-electron chi connectivity index (χ1n) is 5.42. The Hall–Kier alpha value is -1.10. The number of nitrogens with zero attached hydrogens (tertiary/aromatic N) is 1. The van der Waals surface area contributed by atoms with Crippen LogP contribution >= 0.6 is 11.8 Å². The molecule has 0 aromatic heterocycles. The zero-order valence-electron chi connectivity index (χ0n) is 9.82. The van der Waals surface area contributed by atoms with E-state index >= 15 is 0 Å². The lowest BCUT2D eigenvalue weighted by atomic mass is 10.4. The standard InChI is InChI=1S/C12H15F2NOS/c1-3-15(4-2)11(16)12(13,14)17-10-8-6-5-7-9-10/h5-9H,3-4H2,1-2H3. The van der Waals surface area contributed by atoms with Gasteiger partial charge in [0, 0.05) is 18.0 Å². The Bertz CT molecular complexity index is 366. The first kappa shape index (κ1) is 14.0. The number of carbonyl (C=O) groups is 1. The van der Waals surface area contributed by atoms with Crippen molar-refractivity contribution in [3.05, 3.63) is 30.3 Å². The third-order valence-electron chi connectivity index (χ3n) is 2.29. The van der Waals surface area contributed by atoms with Crippen molar-refractivity contribution >= 4 is 17.7 Å². The largest absolute Gasteiger partial charge is 0.375 e. The van der Waals surface area contributed by atoms with Crippen LogP contribution in [0.3, 0.4) is 0 Å². The fourth-order valence-electron chi connectivity index (χ4n) is 1.38. The van der Waals surface area contributed by atoms with Gasteiger partial charge in [0.25, 0.3) is 0 Å². The van der Waals surface area contributed by atoms with Crippen LogP contribution in [0.1, 0.15) is 13.8 Å². The van der Waals surface area contributed by atoms with Gasteiger partial charge in [0.05, 0.1) is 0 Å². The van der Waals surface area contributed by atoms with Gasteiger partial charge in [-0.05, 0) is 37.7 Å². The van der Waals surface area contributed by atoms with Gasteiger partial charge in [-0.1, -0.05) is 18.2 Å². The number of carbonyl (C=O) groups excluding carboxylic acids is 1. The van der Waals surface area contributed by atoms with E-state index in [1.54, 1.807) is 44.2 Å². The number of benzene rings is 1. The minimum Gasteiger partial charge on any atom is -0.337 e. The Labute approximate surface area is 104 Å². The topological polar surface area (TPSA) is 20.3 Å². The van der Waals surface area contributed by atoms with E-state index in [1.165, 1.54) is 0 Å². The quantitative estimate of drug-likeness (QED) is 0.757. The molecular formula is C12H15F2NOS. The zero-order chi connectivity index (χ0) is 12.9. The summed E-state index contributed by atoms with van der Waals surface area (Å²) >= 11 is 0.289. The van der Waals surface area contributed by atoms with Crippen LogP contribution in [0.2, 0.25) is 0 Å². The van der Waals surface area contributed by atoms with Crippen LogP contribution in [0.5, 0.6) is 0 Å². The van der Waals surface area contributed by atoms with Crippen molar-refractivity contribution < 1.29 is 13.6 Å². The highest BCUT2D eigenvalue weighted by Crippen LogP contribution is 2.37. The normalized spacial score (nSPS) is 11.3. The third kappa shape index (κ3) is 3.70. The molecule has 0 bridgehead atoms. The summed E-state index contributed by atoms with van der Waals surface area (Å²) in [6, 6.07) is 8.21. The molecule has 0 saturated heterocycles. The number of rotatable bonds is 5. The molecule has 0 aliphatic carbocycles. The Balaban J connectivity index is 2.77. The molecule has 17 heavy (non-hydrogen) atoms. The molecule has 0 N–H and O–H groups in total. The van der Waals surface area contributed by atoms with E-state index in [1.807, 2.05) is 0 Å². The number of alkyl halides is 2. The highest BCUT2D eigenvalue weighted by Gasteiger charge is 2.42. The fraction of sp³-hybridized carbons (Fsp3) is 0.417. The molecule has 0 spiro atoms. The van der Waals surface area contributed by atoms with Gasteiger partial charge in [-0.2, -0.15) is 8.78 Å². The molecule has 5 heteroatoms. The van der Waals surface area contributed by atoms with Gasteiger partial charge < -0.3 is 4.90 Å². The van der Waals surface area contributed by atoms with E-state index in [4.69, 9.17) is 0 Å². The second-order valence-electron chi connectivity index (χ2n) is 3.41. The monoisotopic (exact) mass is 259 g/mol. The van der Waals surface area contributed by atoms with E-state index < -0.39 is 11.2 Å². The van der Waals surface area contributed by atoms with Gasteiger partial charge in [-0.3, -0.25) is 4.79 Å². The first-order valence-corrected chi connectivity index (χ1v) is 6.24. The Morgan fingerprint density at radius 1 is 1.24 bits per heavy atom. The van der Waals surface area contributed by atoms with Crippen molar-refractivity contribution in [1.29, 1.82) is 0 Å². The predicted octanol–water partition coefficient (Wildman–Crippen LogP) is 3.24. The average molecular weight is 259 g/mol. The summed E-state index contributed by atoms with van der Waals surface area (Å²) in [5.41, 5.74) is 0. The zero-order valence-corrected chi connectivity index (χ0v) is 10.6. The van der Waals surface area contributed by atoms with Crippen molar-refractivity contribution in [2.45, 2.75) is 24.0 Å². The molecule has 0 atom stereocenters. The molecule has 2 nitrogen and oxygen atoms in total. The van der Waals surface area contributed by atoms with Gasteiger partial charge in [-0.25, -0.2) is 0 Å². The van der Waals surface area contributed by atoms with E-state index in [-0.39, 0.29) is 11.8 Å². The first-order chi connectivity index (χ1) is 8.01. The second-order valence-corrected chi connectivity index (χ2v) is 4.60. The molecular weight excluding hydrogens is 244 g/mol. The fourth-order valence-corrected chi connectivity index (χ4v) is 2.18. The molecule has 0 fully saturated rings. The molecule has 0 unspecified atom stereocenters. The molecule has 1 aromatic carbocycles. The summed E-state index contributed by atoms with van der Waals surface area (Å²) in [5.74, 6) is -1.13. The van der Waals surface area contributed by atoms with Crippen molar-refractivity contribution in [2.75, 3.05) is 13.1 Å². The molecule has 1 aromatic rings. The van der Waals surface area contributed by atoms with Crippen molar-refractivity contribution in [3.63, 3.8) is 0 Å². The number of hydrogen-bond donors (Lipinski definition) is 0. The Morgan fingerprint density at radius 3 is 2.24 bits per heavy atom. The predicted molar refractivity (Wildman–Crippen MR) is 65.2 cm³/mol. The maximum Gasteiger partial charge on any atom is 0.375 e. The van der Waals surface area contributed by atoms with Gasteiger partial charge in [0.2, 0.25) is 0 Å². The smallest absolute Gasteiger partial charge is 0.337 e. The lowest BCUT2D eigenvalue weighted by Gasteiger charge is -2.24. The summed E-state index contributed by atoms with van der Waals surface area (Å²) < 4.78 is 27.4. The molecule has 1 amide bonds. The van der Waals surface area contributed by atoms with Gasteiger partial charge in [0.15, 0.2) is 0 Å². The van der Waals surface area contributed by atoms with Crippen molar-refractivity contribution in [2.24, 2.45) is 0 Å². The van der Waals surface area contributed by atoms with Crippen LogP contribution < -0.4 is 0 Å². The Morgan fingerprint density at radius 2 is 1.76 bits per heavy atom. The molecule has 1 rings (SSSR count). The van der Waals surface area contributed by atoms with E-state index in [9.17, 15) is 13.6 Å². The van der Waals surface area contributed by atoms with Gasteiger partial charge in [0.1, 0.15) is 0 Å². The van der Waals surface area contributed by atoms with Crippen molar-refractivity contribution in [3.8, 4) is 0 Å². The molecule has 0 radical (unpaired) electrons. The maximum atomic E-state index is 13.7. The Kier molecular flexibility index (Phi) is 4.93. The molecule has 0 saturated carbocycles. The van der Waals surface area contributed by atoms with Crippen LogP contribution in [0, 0.1) is 0 Å². The van der Waals surface area contributed by atoms with Crippen LogP contribution in [0.4, 0.5) is 8.78 Å². The number of thioether (sulfide) groups is 1. The minimum absolute atomic E-state index is 0.289. The number of halogens is 2. The maximum absolute atomic E-state index is 13.7. The molecule has 0 aliphatic heterocycles. The minimum atomic E-state index is -3.41. The highest BCUT2D eigenvalue weighted by molar-refractivity contribution is 8.01. The van der Waals surface area contributed by atoms with E-state index in [0.717, 1.165) is 4.90 Å². The van der Waals surface area contributed by atoms with Crippen molar-refractivity contribution in [1.82, 2.24) is 4.90 Å². The third-order valence-corrected chi connectivity index (χ3v) is 3.23. The summed E-state index contributed by atoms with van der Waals surface area (Å²) in [7, 11) is 0. The van der Waals surface area contributed by atoms with E-state index in [0.29, 0.717) is 18.0 Å². The second kappa shape index (κ2) is 6.00. The lowest BCUT2D eigenvalue weighted by molar-refractivity contribution is -0.145. The summed E-state index contributed by atoms with van der Waals surface area (Å²) in [6.07, 6.45) is 0. The van der Waals surface area contributed by atoms with E-state index in [2.05, 4.69) is 0 Å². The SMILES string of the molecule is CCN(CC)C(=O)C(F)(F)Sc1ccccc1. The number of hydrogen-bond acceptors (Lipinski definition) is 2. The highest BCUT2D eigenvalue weighted by atomic mass is 32.2. The van der Waals surface area contributed by atoms with Gasteiger partial charge in [-0.15, -0.1) is 0 Å². The number of amides is 1. The van der Waals surface area contributed by atoms with Gasteiger partial charge >= 0.3 is 11.2 Å². The van der Waals surface area contributed by atoms with Crippen LogP contribution in [-0.2, 0) is 4.79 Å². The van der Waals surface area contributed by atoms with Crippen LogP contribution in [-0.4, -0.2) is 29.2 Å².